The molecule has 1 aromatic rings. The average molecular weight is 343 g/mol. The van der Waals surface area contributed by atoms with Gasteiger partial charge in [0.05, 0.1) is 25.3 Å². The Morgan fingerprint density at radius 3 is 2.74 bits per heavy atom. The Bertz CT molecular complexity index is 527. The number of urea groups is 1. The van der Waals surface area contributed by atoms with Gasteiger partial charge in [-0.25, -0.2) is 9.78 Å². The van der Waals surface area contributed by atoms with Crippen LogP contribution < -0.4 is 5.32 Å². The molecule has 2 heterocycles. The Morgan fingerprint density at radius 2 is 2.09 bits per heavy atom. The number of aromatic nitrogens is 2. The number of amides is 2. The van der Waals surface area contributed by atoms with E-state index in [4.69, 9.17) is 16.3 Å². The van der Waals surface area contributed by atoms with E-state index >= 15 is 0 Å². The van der Waals surface area contributed by atoms with E-state index in [2.05, 4.69) is 15.3 Å². The molecule has 0 saturated carbocycles. The van der Waals surface area contributed by atoms with Gasteiger partial charge in [0.25, 0.3) is 0 Å². The summed E-state index contributed by atoms with van der Waals surface area (Å²) in [5.41, 5.74) is 0.508. The van der Waals surface area contributed by atoms with Gasteiger partial charge in [-0.3, -0.25) is 9.78 Å². The topological polar surface area (TPSA) is 84.4 Å². The number of carbonyl (C=O) groups excluding carboxylic acids is 2. The van der Waals surface area contributed by atoms with Crippen molar-refractivity contribution in [1.82, 2.24) is 20.2 Å². The predicted octanol–water partition coefficient (Wildman–Crippen LogP) is 2.25. The second-order valence-electron chi connectivity index (χ2n) is 4.76. The van der Waals surface area contributed by atoms with Gasteiger partial charge >= 0.3 is 12.0 Å². The van der Waals surface area contributed by atoms with Crippen molar-refractivity contribution >= 4 is 23.6 Å². The lowest BCUT2D eigenvalue weighted by molar-refractivity contribution is -0.146. The Labute approximate surface area is 141 Å². The fourth-order valence-electron chi connectivity index (χ4n) is 2.26. The van der Waals surface area contributed by atoms with Crippen LogP contribution in [0.2, 0.25) is 5.15 Å². The molecule has 1 fully saturated rings. The van der Waals surface area contributed by atoms with Gasteiger partial charge < -0.3 is 15.0 Å². The Kier molecular flexibility index (Phi) is 8.32. The van der Waals surface area contributed by atoms with Crippen molar-refractivity contribution in [2.24, 2.45) is 5.92 Å². The first-order chi connectivity index (χ1) is 11.1. The summed E-state index contributed by atoms with van der Waals surface area (Å²) in [5.74, 6) is -0.529. The van der Waals surface area contributed by atoms with Crippen LogP contribution in [0.25, 0.3) is 0 Å². The van der Waals surface area contributed by atoms with Crippen LogP contribution in [0.15, 0.2) is 12.4 Å². The highest BCUT2D eigenvalue weighted by Crippen LogP contribution is 2.18. The van der Waals surface area contributed by atoms with Crippen molar-refractivity contribution < 1.29 is 14.3 Å². The summed E-state index contributed by atoms with van der Waals surface area (Å²) in [5, 5.41) is 3.00. The minimum absolute atomic E-state index is 0.199. The summed E-state index contributed by atoms with van der Waals surface area (Å²) in [6.07, 6.45) is 4.52. The van der Waals surface area contributed by atoms with E-state index in [0.29, 0.717) is 18.8 Å². The van der Waals surface area contributed by atoms with E-state index in [1.807, 2.05) is 13.8 Å². The van der Waals surface area contributed by atoms with Crippen molar-refractivity contribution in [3.05, 3.63) is 23.2 Å². The smallest absolute Gasteiger partial charge is 0.317 e. The highest BCUT2D eigenvalue weighted by molar-refractivity contribution is 6.29. The van der Waals surface area contributed by atoms with Crippen LogP contribution in [0.4, 0.5) is 4.79 Å². The van der Waals surface area contributed by atoms with Gasteiger partial charge in [0.15, 0.2) is 5.15 Å². The summed E-state index contributed by atoms with van der Waals surface area (Å²) in [4.78, 5) is 33.2. The number of carbonyl (C=O) groups is 2. The molecule has 1 aliphatic heterocycles. The largest absolute Gasteiger partial charge is 0.469 e. The van der Waals surface area contributed by atoms with Crippen LogP contribution in [-0.2, 0) is 16.1 Å². The number of hydrogen-bond acceptors (Lipinski definition) is 5. The number of methoxy groups -OCH3 is 1. The second-order valence-corrected chi connectivity index (χ2v) is 5.12. The van der Waals surface area contributed by atoms with E-state index < -0.39 is 0 Å². The number of nitrogens with one attached hydrogen (secondary N) is 1. The molecule has 2 rings (SSSR count). The van der Waals surface area contributed by atoms with E-state index in [0.717, 1.165) is 12.8 Å². The molecule has 7 nitrogen and oxygen atoms in total. The van der Waals surface area contributed by atoms with Gasteiger partial charge in [-0.15, -0.1) is 0 Å². The number of rotatable bonds is 3. The molecule has 1 atom stereocenters. The summed E-state index contributed by atoms with van der Waals surface area (Å²) in [6, 6.07) is -0.245. The maximum Gasteiger partial charge on any atom is 0.317 e. The van der Waals surface area contributed by atoms with Crippen LogP contribution in [0.5, 0.6) is 0 Å². The molecular weight excluding hydrogens is 320 g/mol. The average Bonchev–Trinajstić information content (AvgIpc) is 2.62. The molecule has 0 radical (unpaired) electrons. The Hall–Kier alpha value is -1.89. The lowest BCUT2D eigenvalue weighted by Gasteiger charge is -2.31. The van der Waals surface area contributed by atoms with E-state index in [1.54, 1.807) is 4.90 Å². The fourth-order valence-corrected chi connectivity index (χ4v) is 2.43. The van der Waals surface area contributed by atoms with Crippen LogP contribution in [0.3, 0.4) is 0 Å². The zero-order valence-electron chi connectivity index (χ0n) is 13.7. The number of likely N-dealkylation sites (tertiary alicyclic amines) is 1. The first-order valence-corrected chi connectivity index (χ1v) is 8.05. The molecule has 0 bridgehead atoms. The maximum absolute atomic E-state index is 12.1. The van der Waals surface area contributed by atoms with Gasteiger partial charge in [0.2, 0.25) is 0 Å². The molecule has 0 spiro atoms. The standard InChI is InChI=1S/C13H17ClN4O3.C2H6/c1-21-12(19)9-3-2-6-18(8-9)13(20)17-7-10-11(14)16-5-4-15-10;1-2/h4-5,9H,2-3,6-8H2,1H3,(H,17,20);1-2H3. The van der Waals surface area contributed by atoms with Crippen LogP contribution >= 0.6 is 11.6 Å². The number of hydrogen-bond donors (Lipinski definition) is 1. The SMILES string of the molecule is CC.COC(=O)C1CCCN(C(=O)NCc2nccnc2Cl)C1. The molecule has 8 heteroatoms. The zero-order valence-corrected chi connectivity index (χ0v) is 14.5. The summed E-state index contributed by atoms with van der Waals surface area (Å²) >= 11 is 5.88. The van der Waals surface area contributed by atoms with Crippen LogP contribution in [0, 0.1) is 5.92 Å². The second kappa shape index (κ2) is 9.99. The highest BCUT2D eigenvalue weighted by atomic mass is 35.5. The van der Waals surface area contributed by atoms with Crippen LogP contribution in [0.1, 0.15) is 32.4 Å². The molecule has 1 N–H and O–H groups in total. The molecule has 2 amide bonds. The van der Waals surface area contributed by atoms with Gasteiger partial charge in [0, 0.05) is 25.5 Å². The summed E-state index contributed by atoms with van der Waals surface area (Å²) in [7, 11) is 1.36. The third-order valence-corrected chi connectivity index (χ3v) is 3.69. The first-order valence-electron chi connectivity index (χ1n) is 7.67. The maximum atomic E-state index is 12.1. The molecule has 1 unspecified atom stereocenters. The molecule has 1 aromatic heterocycles. The zero-order chi connectivity index (χ0) is 17.2. The number of nitrogens with zero attached hydrogens (tertiary/aromatic N) is 3. The third kappa shape index (κ3) is 5.67. The van der Waals surface area contributed by atoms with Gasteiger partial charge in [-0.05, 0) is 12.8 Å². The first kappa shape index (κ1) is 19.2. The van der Waals surface area contributed by atoms with Crippen molar-refractivity contribution in [2.45, 2.75) is 33.2 Å². The van der Waals surface area contributed by atoms with Gasteiger partial charge in [-0.2, -0.15) is 0 Å². The lowest BCUT2D eigenvalue weighted by Crippen LogP contribution is -2.47. The predicted molar refractivity (Wildman–Crippen MR) is 86.9 cm³/mol. The Morgan fingerprint density at radius 1 is 1.39 bits per heavy atom. The minimum Gasteiger partial charge on any atom is -0.469 e. The minimum atomic E-state index is -0.274. The fraction of sp³-hybridized carbons (Fsp3) is 0.600. The number of halogens is 1. The van der Waals surface area contributed by atoms with Crippen molar-refractivity contribution in [3.8, 4) is 0 Å². The molecule has 1 aliphatic rings. The van der Waals surface area contributed by atoms with Crippen LogP contribution in [-0.4, -0.2) is 47.1 Å². The molecule has 0 aromatic carbocycles. The van der Waals surface area contributed by atoms with Crippen molar-refractivity contribution in [2.75, 3.05) is 20.2 Å². The van der Waals surface area contributed by atoms with E-state index in [9.17, 15) is 9.59 Å². The molecule has 128 valence electrons. The Balaban J connectivity index is 0.00000127. The quantitative estimate of drug-likeness (QED) is 0.852. The van der Waals surface area contributed by atoms with E-state index in [1.165, 1.54) is 19.5 Å². The third-order valence-electron chi connectivity index (χ3n) is 3.37. The van der Waals surface area contributed by atoms with E-state index in [-0.39, 0.29) is 29.6 Å². The lowest BCUT2D eigenvalue weighted by atomic mass is 9.98. The molecule has 0 aliphatic carbocycles. The van der Waals surface area contributed by atoms with Crippen molar-refractivity contribution in [3.63, 3.8) is 0 Å². The molecule has 1 saturated heterocycles. The monoisotopic (exact) mass is 342 g/mol. The normalized spacial score (nSPS) is 16.9. The van der Waals surface area contributed by atoms with Crippen molar-refractivity contribution in [1.29, 1.82) is 0 Å². The van der Waals surface area contributed by atoms with Gasteiger partial charge in [-0.1, -0.05) is 25.4 Å². The number of piperidine rings is 1. The number of esters is 1. The molecule has 23 heavy (non-hydrogen) atoms. The highest BCUT2D eigenvalue weighted by Gasteiger charge is 2.28. The summed E-state index contributed by atoms with van der Waals surface area (Å²) in [6.45, 7) is 5.19. The number of ether oxygens (including phenoxy) is 1. The van der Waals surface area contributed by atoms with Gasteiger partial charge in [0.1, 0.15) is 0 Å². The summed E-state index contributed by atoms with van der Waals surface area (Å²) < 4.78 is 4.73. The molecular formula is C15H23ClN4O3.